The highest BCUT2D eigenvalue weighted by atomic mass is 15.1. The Morgan fingerprint density at radius 3 is 2.00 bits per heavy atom. The number of nitrogens with zero attached hydrogens (tertiary/aromatic N) is 2. The molecule has 0 radical (unpaired) electrons. The third-order valence-corrected chi connectivity index (χ3v) is 4.49. The highest BCUT2D eigenvalue weighted by molar-refractivity contribution is 5.79. The fourth-order valence-electron chi connectivity index (χ4n) is 3.16. The van der Waals surface area contributed by atoms with E-state index in [1.54, 1.807) is 6.20 Å². The summed E-state index contributed by atoms with van der Waals surface area (Å²) in [5, 5.41) is 0. The van der Waals surface area contributed by atoms with Gasteiger partial charge in [0.05, 0.1) is 11.9 Å². The Morgan fingerprint density at radius 1 is 0.615 bits per heavy atom. The van der Waals surface area contributed by atoms with Gasteiger partial charge in [0.15, 0.2) is 0 Å². The summed E-state index contributed by atoms with van der Waals surface area (Å²) < 4.78 is 0. The van der Waals surface area contributed by atoms with Crippen LogP contribution in [0.4, 0.5) is 17.1 Å². The smallest absolute Gasteiger partial charge is 0.0645 e. The molecule has 0 spiro atoms. The van der Waals surface area contributed by atoms with Gasteiger partial charge in [0.25, 0.3) is 0 Å². The van der Waals surface area contributed by atoms with Crippen molar-refractivity contribution in [2.75, 3.05) is 4.90 Å². The summed E-state index contributed by atoms with van der Waals surface area (Å²) in [6, 6.07) is 31.6. The van der Waals surface area contributed by atoms with Crippen LogP contribution >= 0.6 is 0 Å². The van der Waals surface area contributed by atoms with Crippen LogP contribution in [0.2, 0.25) is 0 Å². The van der Waals surface area contributed by atoms with Crippen molar-refractivity contribution in [2.24, 2.45) is 0 Å². The van der Waals surface area contributed by atoms with Gasteiger partial charge in [-0.2, -0.15) is 0 Å². The van der Waals surface area contributed by atoms with E-state index in [0.29, 0.717) is 0 Å². The monoisotopic (exact) mass is 336 g/mol. The van der Waals surface area contributed by atoms with E-state index in [9.17, 15) is 0 Å². The van der Waals surface area contributed by atoms with Gasteiger partial charge in [-0.3, -0.25) is 4.98 Å². The van der Waals surface area contributed by atoms with Crippen LogP contribution in [0.5, 0.6) is 0 Å². The van der Waals surface area contributed by atoms with E-state index >= 15 is 0 Å². The second-order valence-corrected chi connectivity index (χ2v) is 6.25. The zero-order chi connectivity index (χ0) is 17.8. The highest BCUT2D eigenvalue weighted by Crippen LogP contribution is 2.36. The molecule has 4 aromatic rings. The minimum absolute atomic E-state index is 1.05. The van der Waals surface area contributed by atoms with Crippen LogP contribution < -0.4 is 4.90 Å². The lowest BCUT2D eigenvalue weighted by atomic mass is 10.0. The van der Waals surface area contributed by atoms with Crippen LogP contribution in [0.25, 0.3) is 11.1 Å². The fraction of sp³-hybridized carbons (Fsp3) is 0.0417. The normalized spacial score (nSPS) is 10.5. The molecule has 26 heavy (non-hydrogen) atoms. The molecular weight excluding hydrogens is 316 g/mol. The first-order chi connectivity index (χ1) is 12.8. The average molecular weight is 336 g/mol. The van der Waals surface area contributed by atoms with Crippen LogP contribution in [0, 0.1) is 6.92 Å². The van der Waals surface area contributed by atoms with Gasteiger partial charge in [0, 0.05) is 17.6 Å². The topological polar surface area (TPSA) is 16.1 Å². The average Bonchev–Trinajstić information content (AvgIpc) is 2.72. The summed E-state index contributed by atoms with van der Waals surface area (Å²) in [6.45, 7) is 2.14. The van der Waals surface area contributed by atoms with E-state index < -0.39 is 0 Å². The Kier molecular flexibility index (Phi) is 4.48. The van der Waals surface area contributed by atoms with Crippen molar-refractivity contribution < 1.29 is 0 Å². The Bertz CT molecular complexity index is 977. The number of aromatic nitrogens is 1. The van der Waals surface area contributed by atoms with Crippen LogP contribution in [0.3, 0.4) is 0 Å². The van der Waals surface area contributed by atoms with Crippen molar-refractivity contribution >= 4 is 17.1 Å². The summed E-state index contributed by atoms with van der Waals surface area (Å²) >= 11 is 0. The summed E-state index contributed by atoms with van der Waals surface area (Å²) in [7, 11) is 0. The molecule has 0 bridgehead atoms. The second-order valence-electron chi connectivity index (χ2n) is 6.25. The van der Waals surface area contributed by atoms with E-state index in [2.05, 4.69) is 95.7 Å². The molecule has 4 rings (SSSR count). The van der Waals surface area contributed by atoms with E-state index in [1.807, 2.05) is 18.3 Å². The van der Waals surface area contributed by atoms with Gasteiger partial charge >= 0.3 is 0 Å². The van der Waals surface area contributed by atoms with Gasteiger partial charge in [-0.25, -0.2) is 0 Å². The zero-order valence-corrected chi connectivity index (χ0v) is 14.7. The van der Waals surface area contributed by atoms with Crippen molar-refractivity contribution in [3.8, 4) is 11.1 Å². The van der Waals surface area contributed by atoms with Gasteiger partial charge in [0.1, 0.15) is 0 Å². The molecule has 0 amide bonds. The molecule has 0 saturated heterocycles. The van der Waals surface area contributed by atoms with E-state index in [0.717, 1.165) is 17.1 Å². The molecule has 3 aromatic carbocycles. The van der Waals surface area contributed by atoms with E-state index in [-0.39, 0.29) is 0 Å². The van der Waals surface area contributed by atoms with Crippen molar-refractivity contribution in [3.63, 3.8) is 0 Å². The SMILES string of the molecule is Cc1ccccc1N(c1ccc(-c2ccccc2)cc1)c1cccnc1. The minimum atomic E-state index is 1.05. The molecule has 0 aliphatic carbocycles. The Labute approximate surface area is 154 Å². The number of hydrogen-bond donors (Lipinski definition) is 0. The second kappa shape index (κ2) is 7.24. The number of pyridine rings is 1. The van der Waals surface area contributed by atoms with Crippen molar-refractivity contribution in [1.29, 1.82) is 0 Å². The molecule has 126 valence electrons. The molecule has 1 heterocycles. The maximum absolute atomic E-state index is 4.31. The Morgan fingerprint density at radius 2 is 1.31 bits per heavy atom. The number of aryl methyl sites for hydroxylation is 1. The van der Waals surface area contributed by atoms with E-state index in [1.165, 1.54) is 16.7 Å². The molecular formula is C24H20N2. The molecule has 0 atom stereocenters. The standard InChI is InChI=1S/C24H20N2/c1-19-8-5-6-12-24(19)26(23-11-7-17-25-18-23)22-15-13-21(14-16-22)20-9-3-2-4-10-20/h2-18H,1H3. The summed E-state index contributed by atoms with van der Waals surface area (Å²) in [6.07, 6.45) is 3.70. The van der Waals surface area contributed by atoms with E-state index in [4.69, 9.17) is 0 Å². The van der Waals surface area contributed by atoms with Gasteiger partial charge in [-0.1, -0.05) is 60.7 Å². The molecule has 0 unspecified atom stereocenters. The first-order valence-electron chi connectivity index (χ1n) is 8.74. The van der Waals surface area contributed by atoms with Gasteiger partial charge in [0.2, 0.25) is 0 Å². The summed E-state index contributed by atoms with van der Waals surface area (Å²) in [4.78, 5) is 6.56. The largest absolute Gasteiger partial charge is 0.309 e. The fourth-order valence-corrected chi connectivity index (χ4v) is 3.16. The number of hydrogen-bond acceptors (Lipinski definition) is 2. The van der Waals surface area contributed by atoms with Crippen LogP contribution in [-0.2, 0) is 0 Å². The predicted octanol–water partition coefficient (Wildman–Crippen LogP) is 6.53. The van der Waals surface area contributed by atoms with Crippen molar-refractivity contribution in [3.05, 3.63) is 109 Å². The Hall–Kier alpha value is -3.39. The maximum atomic E-state index is 4.31. The van der Waals surface area contributed by atoms with Crippen LogP contribution in [0.1, 0.15) is 5.56 Å². The molecule has 1 aromatic heterocycles. The lowest BCUT2D eigenvalue weighted by molar-refractivity contribution is 1.21. The van der Waals surface area contributed by atoms with Gasteiger partial charge in [-0.05, 0) is 53.9 Å². The molecule has 0 N–H and O–H groups in total. The quantitative estimate of drug-likeness (QED) is 0.421. The first-order valence-corrected chi connectivity index (χ1v) is 8.74. The summed E-state index contributed by atoms with van der Waals surface area (Å²) in [5.41, 5.74) is 6.99. The van der Waals surface area contributed by atoms with Crippen LogP contribution in [-0.4, -0.2) is 4.98 Å². The number of para-hydroxylation sites is 1. The highest BCUT2D eigenvalue weighted by Gasteiger charge is 2.14. The molecule has 0 aliphatic heterocycles. The first kappa shape index (κ1) is 16.1. The zero-order valence-electron chi connectivity index (χ0n) is 14.7. The summed E-state index contributed by atoms with van der Waals surface area (Å²) in [5.74, 6) is 0. The predicted molar refractivity (Wildman–Crippen MR) is 109 cm³/mol. The third-order valence-electron chi connectivity index (χ3n) is 4.49. The number of rotatable bonds is 4. The molecule has 2 heteroatoms. The lowest BCUT2D eigenvalue weighted by Gasteiger charge is -2.26. The number of anilines is 3. The molecule has 2 nitrogen and oxygen atoms in total. The minimum Gasteiger partial charge on any atom is -0.309 e. The van der Waals surface area contributed by atoms with Gasteiger partial charge in [-0.15, -0.1) is 0 Å². The maximum Gasteiger partial charge on any atom is 0.0645 e. The van der Waals surface area contributed by atoms with Crippen molar-refractivity contribution in [2.45, 2.75) is 6.92 Å². The molecule has 0 fully saturated rings. The third kappa shape index (κ3) is 3.22. The number of benzene rings is 3. The molecule has 0 aliphatic rings. The van der Waals surface area contributed by atoms with Crippen LogP contribution in [0.15, 0.2) is 103 Å². The van der Waals surface area contributed by atoms with Crippen molar-refractivity contribution in [1.82, 2.24) is 4.98 Å². The lowest BCUT2D eigenvalue weighted by Crippen LogP contribution is -2.11. The van der Waals surface area contributed by atoms with Gasteiger partial charge < -0.3 is 4.90 Å². The Balaban J connectivity index is 1.79. The molecule has 0 saturated carbocycles.